The molecule has 162 valence electrons. The number of hydrogen-bond donors (Lipinski definition) is 1. The molecular formula is C25H28N2O3S. The number of nitrogens with one attached hydrogen (secondary N) is 1. The second kappa shape index (κ2) is 9.79. The Morgan fingerprint density at radius 3 is 2.13 bits per heavy atom. The highest BCUT2D eigenvalue weighted by molar-refractivity contribution is 7.92. The lowest BCUT2D eigenvalue weighted by Crippen LogP contribution is -2.41. The molecule has 0 bridgehead atoms. The van der Waals surface area contributed by atoms with Gasteiger partial charge in [-0.05, 0) is 55.7 Å². The number of para-hydroxylation sites is 1. The maximum absolute atomic E-state index is 13.4. The Hall–Kier alpha value is -3.12. The quantitative estimate of drug-likeness (QED) is 0.560. The van der Waals surface area contributed by atoms with Crippen molar-refractivity contribution in [3.05, 3.63) is 95.6 Å². The van der Waals surface area contributed by atoms with Crippen LogP contribution in [0, 0.1) is 6.92 Å². The van der Waals surface area contributed by atoms with Crippen LogP contribution < -0.4 is 9.62 Å². The number of aryl methyl sites for hydroxylation is 2. The zero-order chi connectivity index (χ0) is 22.4. The summed E-state index contributed by atoms with van der Waals surface area (Å²) in [5.41, 5.74) is 3.60. The number of carbonyl (C=O) groups is 1. The minimum Gasteiger partial charge on any atom is -0.348 e. The Balaban J connectivity index is 1.83. The van der Waals surface area contributed by atoms with Crippen molar-refractivity contribution in [2.75, 3.05) is 10.8 Å². The molecule has 0 fully saturated rings. The second-order valence-electron chi connectivity index (χ2n) is 7.54. The van der Waals surface area contributed by atoms with E-state index in [-0.39, 0.29) is 23.4 Å². The van der Waals surface area contributed by atoms with Crippen LogP contribution in [0.1, 0.15) is 36.6 Å². The maximum Gasteiger partial charge on any atom is 0.264 e. The van der Waals surface area contributed by atoms with E-state index >= 15 is 0 Å². The Morgan fingerprint density at radius 2 is 1.55 bits per heavy atom. The molecule has 0 aromatic heterocycles. The van der Waals surface area contributed by atoms with Crippen molar-refractivity contribution in [1.82, 2.24) is 5.32 Å². The largest absolute Gasteiger partial charge is 0.348 e. The van der Waals surface area contributed by atoms with Crippen molar-refractivity contribution < 1.29 is 13.2 Å². The predicted octanol–water partition coefficient (Wildman–Crippen LogP) is 4.63. The average molecular weight is 437 g/mol. The first-order chi connectivity index (χ1) is 14.8. The minimum absolute atomic E-state index is 0.151. The van der Waals surface area contributed by atoms with Crippen LogP contribution >= 0.6 is 0 Å². The summed E-state index contributed by atoms with van der Waals surface area (Å²) in [7, 11) is -3.90. The van der Waals surface area contributed by atoms with Gasteiger partial charge >= 0.3 is 0 Å². The molecule has 0 saturated heterocycles. The van der Waals surface area contributed by atoms with Crippen LogP contribution in [-0.4, -0.2) is 20.9 Å². The van der Waals surface area contributed by atoms with Gasteiger partial charge < -0.3 is 5.32 Å². The molecule has 0 heterocycles. The Bertz CT molecular complexity index is 1110. The van der Waals surface area contributed by atoms with Gasteiger partial charge in [-0.15, -0.1) is 0 Å². The molecule has 1 atom stereocenters. The van der Waals surface area contributed by atoms with Gasteiger partial charge in [-0.1, -0.05) is 67.1 Å². The lowest BCUT2D eigenvalue weighted by molar-refractivity contribution is -0.120. The summed E-state index contributed by atoms with van der Waals surface area (Å²) < 4.78 is 27.9. The number of sulfonamides is 1. The fourth-order valence-corrected chi connectivity index (χ4v) is 4.71. The minimum atomic E-state index is -3.90. The van der Waals surface area contributed by atoms with Crippen LogP contribution in [0.3, 0.4) is 0 Å². The summed E-state index contributed by atoms with van der Waals surface area (Å²) in [5.74, 6) is -0.369. The van der Waals surface area contributed by atoms with E-state index in [4.69, 9.17) is 0 Å². The number of hydrogen-bond acceptors (Lipinski definition) is 3. The van der Waals surface area contributed by atoms with Crippen molar-refractivity contribution >= 4 is 21.6 Å². The number of carbonyl (C=O) groups excluding carboxylic acids is 1. The first-order valence-corrected chi connectivity index (χ1v) is 11.8. The molecule has 31 heavy (non-hydrogen) atoms. The zero-order valence-electron chi connectivity index (χ0n) is 18.1. The van der Waals surface area contributed by atoms with E-state index in [0.717, 1.165) is 21.9 Å². The lowest BCUT2D eigenvalue weighted by Gasteiger charge is -2.25. The van der Waals surface area contributed by atoms with E-state index in [1.54, 1.807) is 48.5 Å². The summed E-state index contributed by atoms with van der Waals surface area (Å²) in [6, 6.07) is 23.1. The molecule has 0 spiro atoms. The predicted molar refractivity (Wildman–Crippen MR) is 125 cm³/mol. The molecule has 3 rings (SSSR count). The third-order valence-corrected chi connectivity index (χ3v) is 6.99. The van der Waals surface area contributed by atoms with Gasteiger partial charge in [0.1, 0.15) is 6.54 Å². The van der Waals surface area contributed by atoms with Crippen molar-refractivity contribution in [1.29, 1.82) is 0 Å². The SMILES string of the molecule is CCc1ccc(C(C)NC(=O)CN(c2ccccc2)S(=O)(=O)c2ccc(C)cc2)cc1. The van der Waals surface area contributed by atoms with Gasteiger partial charge in [-0.3, -0.25) is 9.10 Å². The molecule has 3 aromatic carbocycles. The van der Waals surface area contributed by atoms with Crippen LogP contribution in [0.4, 0.5) is 5.69 Å². The number of benzene rings is 3. The lowest BCUT2D eigenvalue weighted by atomic mass is 10.1. The Morgan fingerprint density at radius 1 is 0.935 bits per heavy atom. The molecule has 1 amide bonds. The Kier molecular flexibility index (Phi) is 7.13. The van der Waals surface area contributed by atoms with Crippen LogP contribution in [0.25, 0.3) is 0 Å². The second-order valence-corrected chi connectivity index (χ2v) is 9.41. The van der Waals surface area contributed by atoms with Crippen molar-refractivity contribution in [3.8, 4) is 0 Å². The molecule has 0 aliphatic carbocycles. The van der Waals surface area contributed by atoms with Gasteiger partial charge in [-0.25, -0.2) is 8.42 Å². The molecule has 3 aromatic rings. The van der Waals surface area contributed by atoms with Gasteiger partial charge in [-0.2, -0.15) is 0 Å². The molecule has 0 radical (unpaired) electrons. The maximum atomic E-state index is 13.4. The van der Waals surface area contributed by atoms with E-state index in [9.17, 15) is 13.2 Å². The van der Waals surface area contributed by atoms with Crippen molar-refractivity contribution in [3.63, 3.8) is 0 Å². The van der Waals surface area contributed by atoms with Gasteiger partial charge in [0, 0.05) is 0 Å². The number of anilines is 1. The summed E-state index contributed by atoms with van der Waals surface area (Å²) in [4.78, 5) is 13.0. The highest BCUT2D eigenvalue weighted by Gasteiger charge is 2.27. The van der Waals surface area contributed by atoms with Crippen molar-refractivity contribution in [2.45, 2.75) is 38.1 Å². The first-order valence-electron chi connectivity index (χ1n) is 10.3. The third kappa shape index (κ3) is 5.52. The summed E-state index contributed by atoms with van der Waals surface area (Å²) >= 11 is 0. The van der Waals surface area contributed by atoms with E-state index < -0.39 is 10.0 Å². The topological polar surface area (TPSA) is 66.5 Å². The standard InChI is InChI=1S/C25H28N2O3S/c1-4-21-12-14-22(15-13-21)20(3)26-25(28)18-27(23-8-6-5-7-9-23)31(29,30)24-16-10-19(2)11-17-24/h5-17,20H,4,18H2,1-3H3,(H,26,28). The molecule has 1 unspecified atom stereocenters. The fourth-order valence-electron chi connectivity index (χ4n) is 3.29. The average Bonchev–Trinajstić information content (AvgIpc) is 2.78. The summed E-state index contributed by atoms with van der Waals surface area (Å²) in [6.45, 7) is 5.57. The van der Waals surface area contributed by atoms with E-state index in [1.165, 1.54) is 5.56 Å². The van der Waals surface area contributed by atoms with E-state index in [0.29, 0.717) is 5.69 Å². The molecular weight excluding hydrogens is 408 g/mol. The van der Waals surface area contributed by atoms with Crippen LogP contribution in [-0.2, 0) is 21.2 Å². The molecule has 1 N–H and O–H groups in total. The first kappa shape index (κ1) is 22.6. The van der Waals surface area contributed by atoms with Gasteiger partial charge in [0.25, 0.3) is 10.0 Å². The van der Waals surface area contributed by atoms with Crippen LogP contribution in [0.2, 0.25) is 0 Å². The van der Waals surface area contributed by atoms with Gasteiger partial charge in [0.2, 0.25) is 5.91 Å². The monoisotopic (exact) mass is 436 g/mol. The number of amides is 1. The molecule has 0 aliphatic heterocycles. The number of nitrogens with zero attached hydrogens (tertiary/aromatic N) is 1. The normalized spacial score (nSPS) is 12.2. The Labute approximate surface area is 184 Å². The zero-order valence-corrected chi connectivity index (χ0v) is 18.9. The van der Waals surface area contributed by atoms with E-state index in [1.807, 2.05) is 44.2 Å². The molecule has 6 heteroatoms. The molecule has 0 aliphatic rings. The highest BCUT2D eigenvalue weighted by atomic mass is 32.2. The molecule has 5 nitrogen and oxygen atoms in total. The smallest absolute Gasteiger partial charge is 0.264 e. The fraction of sp³-hybridized carbons (Fsp3) is 0.240. The highest BCUT2D eigenvalue weighted by Crippen LogP contribution is 2.24. The number of rotatable bonds is 8. The third-order valence-electron chi connectivity index (χ3n) is 5.21. The van der Waals surface area contributed by atoms with E-state index in [2.05, 4.69) is 12.2 Å². The van der Waals surface area contributed by atoms with Gasteiger partial charge in [0.05, 0.1) is 16.6 Å². The molecule has 0 saturated carbocycles. The summed E-state index contributed by atoms with van der Waals surface area (Å²) in [5, 5.41) is 2.92. The van der Waals surface area contributed by atoms with Crippen LogP contribution in [0.15, 0.2) is 83.8 Å². The van der Waals surface area contributed by atoms with Crippen LogP contribution in [0.5, 0.6) is 0 Å². The van der Waals surface area contributed by atoms with Crippen molar-refractivity contribution in [2.24, 2.45) is 0 Å². The summed E-state index contributed by atoms with van der Waals surface area (Å²) in [6.07, 6.45) is 0.948. The van der Waals surface area contributed by atoms with Gasteiger partial charge in [0.15, 0.2) is 0 Å².